The molecule has 0 aromatic carbocycles. The van der Waals surface area contributed by atoms with Crippen molar-refractivity contribution in [3.8, 4) is 0 Å². The predicted molar refractivity (Wildman–Crippen MR) is 128 cm³/mol. The summed E-state index contributed by atoms with van der Waals surface area (Å²) in [5.41, 5.74) is -2.00. The van der Waals surface area contributed by atoms with Crippen molar-refractivity contribution in [2.75, 3.05) is 0 Å². The molecule has 34 heavy (non-hydrogen) atoms. The molecular weight excluding hydrogens is 432 g/mol. The van der Waals surface area contributed by atoms with Crippen molar-refractivity contribution in [3.05, 3.63) is 0 Å². The molecule has 6 nitrogen and oxygen atoms in total. The summed E-state index contributed by atoms with van der Waals surface area (Å²) in [6, 6.07) is 0. The molecule has 0 aliphatic heterocycles. The van der Waals surface area contributed by atoms with Gasteiger partial charge < -0.3 is 14.6 Å². The molecule has 0 unspecified atom stereocenters. The van der Waals surface area contributed by atoms with Crippen molar-refractivity contribution >= 4 is 17.7 Å². The van der Waals surface area contributed by atoms with E-state index in [1.165, 1.54) is 6.92 Å². The summed E-state index contributed by atoms with van der Waals surface area (Å²) in [5, 5.41) is 11.8. The van der Waals surface area contributed by atoms with Crippen LogP contribution in [0.25, 0.3) is 0 Å². The summed E-state index contributed by atoms with van der Waals surface area (Å²) >= 11 is 0. The van der Waals surface area contributed by atoms with Gasteiger partial charge in [0.05, 0.1) is 0 Å². The number of carbonyl (C=O) groups is 3. The summed E-state index contributed by atoms with van der Waals surface area (Å²) in [6.07, 6.45) is 6.44. The van der Waals surface area contributed by atoms with Gasteiger partial charge in [-0.3, -0.25) is 14.4 Å². The Balaban J connectivity index is 1.69. The smallest absolute Gasteiger partial charge is 0.305 e. The Kier molecular flexibility index (Phi) is 6.72. The first-order chi connectivity index (χ1) is 15.9. The fraction of sp³-hybridized carbons (Fsp3) is 0.893. The number of carbonyl (C=O) groups excluding carboxylic acids is 3. The van der Waals surface area contributed by atoms with Gasteiger partial charge in [-0.25, -0.2) is 0 Å². The van der Waals surface area contributed by atoms with Crippen LogP contribution in [0.5, 0.6) is 0 Å². The van der Waals surface area contributed by atoms with Crippen molar-refractivity contribution < 1.29 is 29.0 Å². The number of hydrogen-bond acceptors (Lipinski definition) is 6. The molecule has 0 spiro atoms. The Morgan fingerprint density at radius 2 is 1.62 bits per heavy atom. The number of ether oxygens (including phenoxy) is 2. The highest BCUT2D eigenvalue weighted by Gasteiger charge is 2.71. The molecule has 0 amide bonds. The van der Waals surface area contributed by atoms with Gasteiger partial charge in [-0.05, 0) is 81.0 Å². The molecule has 4 fully saturated rings. The van der Waals surface area contributed by atoms with Gasteiger partial charge in [0.15, 0.2) is 5.78 Å². The number of Topliss-reactive ketones (excluding diaryl/α,β-unsaturated/α-hetero) is 1. The fourth-order valence-corrected chi connectivity index (χ4v) is 9.13. The lowest BCUT2D eigenvalue weighted by Crippen LogP contribution is -2.64. The maximum Gasteiger partial charge on any atom is 0.305 e. The Bertz CT molecular complexity index is 839. The zero-order valence-corrected chi connectivity index (χ0v) is 21.9. The second kappa shape index (κ2) is 8.90. The van der Waals surface area contributed by atoms with E-state index in [2.05, 4.69) is 13.8 Å². The van der Waals surface area contributed by atoms with E-state index in [-0.39, 0.29) is 53.1 Å². The first-order valence-electron chi connectivity index (χ1n) is 13.5. The summed E-state index contributed by atoms with van der Waals surface area (Å²) in [6.45, 7) is 11.6. The highest BCUT2D eigenvalue weighted by Crippen LogP contribution is 2.69. The number of fused-ring (bicyclic) bond motifs is 5. The Labute approximate surface area is 204 Å². The van der Waals surface area contributed by atoms with Gasteiger partial charge in [0.25, 0.3) is 0 Å². The molecular formula is C28H44O6. The Morgan fingerprint density at radius 1 is 0.971 bits per heavy atom. The first-order valence-corrected chi connectivity index (χ1v) is 13.5. The quantitative estimate of drug-likeness (QED) is 0.571. The van der Waals surface area contributed by atoms with E-state index < -0.39 is 11.0 Å². The van der Waals surface area contributed by atoms with Gasteiger partial charge in [-0.15, -0.1) is 0 Å². The van der Waals surface area contributed by atoms with E-state index in [9.17, 15) is 19.5 Å². The third-order valence-corrected chi connectivity index (χ3v) is 10.8. The SMILES string of the molecule is CCC(=O)O[C@@H]1CC[C@@]2(C)[C@@H](CC[C@H]3[C@@H]2[C@H](OC(=O)CC)C[C@]2(C)[C@H]3C[C@@H](C)[C@]2(O)C(C)=O)C1. The van der Waals surface area contributed by atoms with Gasteiger partial charge in [0.2, 0.25) is 0 Å². The third kappa shape index (κ3) is 3.65. The van der Waals surface area contributed by atoms with Crippen LogP contribution in [0.3, 0.4) is 0 Å². The van der Waals surface area contributed by atoms with E-state index in [4.69, 9.17) is 9.47 Å². The van der Waals surface area contributed by atoms with Crippen LogP contribution in [0.4, 0.5) is 0 Å². The molecule has 6 heteroatoms. The topological polar surface area (TPSA) is 89.9 Å². The van der Waals surface area contributed by atoms with Crippen LogP contribution in [0.15, 0.2) is 0 Å². The standard InChI is InChI=1S/C28H44O6/c1-7-23(30)33-19-11-12-26(5)18(14-19)9-10-20-21-13-16(3)28(32,17(4)29)27(21,6)15-22(25(20)26)34-24(31)8-2/h16,18-22,25,32H,7-15H2,1-6H3/t16-,18+,19-,20-,21+,22-,25-,26+,27-,28+/m1/s1. The molecule has 4 aliphatic carbocycles. The van der Waals surface area contributed by atoms with Crippen LogP contribution >= 0.6 is 0 Å². The first kappa shape index (κ1) is 25.7. The van der Waals surface area contributed by atoms with E-state index >= 15 is 0 Å². The summed E-state index contributed by atoms with van der Waals surface area (Å²) in [5.74, 6) is 0.525. The lowest BCUT2D eigenvalue weighted by atomic mass is 9.43. The molecule has 192 valence electrons. The summed E-state index contributed by atoms with van der Waals surface area (Å²) in [7, 11) is 0. The van der Waals surface area contributed by atoms with Crippen molar-refractivity contribution in [1.82, 2.24) is 0 Å². The second-order valence-electron chi connectivity index (χ2n) is 12.3. The molecule has 4 saturated carbocycles. The summed E-state index contributed by atoms with van der Waals surface area (Å²) in [4.78, 5) is 37.3. The van der Waals surface area contributed by atoms with Gasteiger partial charge in [0, 0.05) is 24.2 Å². The summed E-state index contributed by atoms with van der Waals surface area (Å²) < 4.78 is 11.9. The minimum Gasteiger partial charge on any atom is -0.462 e. The predicted octanol–water partition coefficient (Wildman–Crippen LogP) is 4.85. The number of ketones is 1. The molecule has 0 aromatic heterocycles. The largest absolute Gasteiger partial charge is 0.462 e. The van der Waals surface area contributed by atoms with E-state index in [0.717, 1.165) is 38.5 Å². The third-order valence-electron chi connectivity index (χ3n) is 10.8. The van der Waals surface area contributed by atoms with Crippen molar-refractivity contribution in [1.29, 1.82) is 0 Å². The number of rotatable bonds is 5. The van der Waals surface area contributed by atoms with Crippen LogP contribution in [0.2, 0.25) is 0 Å². The molecule has 1 N–H and O–H groups in total. The molecule has 0 aromatic rings. The van der Waals surface area contributed by atoms with Crippen molar-refractivity contribution in [2.24, 2.45) is 40.4 Å². The van der Waals surface area contributed by atoms with Crippen molar-refractivity contribution in [3.63, 3.8) is 0 Å². The molecule has 0 saturated heterocycles. The normalized spacial score (nSPS) is 47.7. The second-order valence-corrected chi connectivity index (χ2v) is 12.3. The number of aliphatic hydroxyl groups is 1. The average molecular weight is 477 g/mol. The highest BCUT2D eigenvalue weighted by molar-refractivity contribution is 5.86. The maximum atomic E-state index is 12.8. The average Bonchev–Trinajstić information content (AvgIpc) is 3.00. The van der Waals surface area contributed by atoms with Crippen LogP contribution in [-0.2, 0) is 23.9 Å². The number of hydrogen-bond donors (Lipinski definition) is 1. The van der Waals surface area contributed by atoms with E-state index in [0.29, 0.717) is 31.1 Å². The van der Waals surface area contributed by atoms with E-state index in [1.807, 2.05) is 20.8 Å². The minimum absolute atomic E-state index is 0.0157. The molecule has 0 bridgehead atoms. The van der Waals surface area contributed by atoms with Crippen LogP contribution < -0.4 is 0 Å². The van der Waals surface area contributed by atoms with Gasteiger partial charge in [-0.2, -0.15) is 0 Å². The number of esters is 2. The Hall–Kier alpha value is -1.43. The van der Waals surface area contributed by atoms with Gasteiger partial charge in [0.1, 0.15) is 17.8 Å². The van der Waals surface area contributed by atoms with E-state index in [1.54, 1.807) is 0 Å². The zero-order chi connectivity index (χ0) is 25.1. The monoisotopic (exact) mass is 476 g/mol. The van der Waals surface area contributed by atoms with Crippen molar-refractivity contribution in [2.45, 2.75) is 117 Å². The van der Waals surface area contributed by atoms with Crippen LogP contribution in [-0.4, -0.2) is 40.6 Å². The minimum atomic E-state index is -1.39. The molecule has 4 aliphatic rings. The fourth-order valence-electron chi connectivity index (χ4n) is 9.13. The molecule has 4 rings (SSSR count). The highest BCUT2D eigenvalue weighted by atomic mass is 16.5. The van der Waals surface area contributed by atoms with Gasteiger partial charge in [-0.1, -0.05) is 34.6 Å². The lowest BCUT2D eigenvalue weighted by molar-refractivity contribution is -0.216. The lowest BCUT2D eigenvalue weighted by Gasteiger charge is -2.63. The van der Waals surface area contributed by atoms with Gasteiger partial charge >= 0.3 is 11.9 Å². The van der Waals surface area contributed by atoms with Crippen LogP contribution in [0, 0.1) is 40.4 Å². The molecule has 0 heterocycles. The van der Waals surface area contributed by atoms with Crippen LogP contribution in [0.1, 0.15) is 99.3 Å². The Morgan fingerprint density at radius 3 is 2.24 bits per heavy atom. The molecule has 0 radical (unpaired) electrons. The zero-order valence-electron chi connectivity index (χ0n) is 21.9. The maximum absolute atomic E-state index is 12.8. The molecule has 10 atom stereocenters.